The maximum absolute atomic E-state index is 12.0. The van der Waals surface area contributed by atoms with Gasteiger partial charge in [0, 0.05) is 17.8 Å². The molecule has 0 aliphatic rings. The lowest BCUT2D eigenvalue weighted by Gasteiger charge is -2.08. The van der Waals surface area contributed by atoms with Gasteiger partial charge in [-0.25, -0.2) is 0 Å². The Hall–Kier alpha value is -2.29. The lowest BCUT2D eigenvalue weighted by molar-refractivity contribution is -0.116. The first-order valence-corrected chi connectivity index (χ1v) is 6.77. The minimum absolute atomic E-state index is 0.0254. The van der Waals surface area contributed by atoms with Crippen LogP contribution >= 0.6 is 0 Å². The average molecular weight is 268 g/mol. The Morgan fingerprint density at radius 1 is 1.10 bits per heavy atom. The number of carbonyl (C=O) groups is 1. The summed E-state index contributed by atoms with van der Waals surface area (Å²) in [4.78, 5) is 12.0. The van der Waals surface area contributed by atoms with Crippen molar-refractivity contribution in [3.8, 4) is 0 Å². The Labute approximate surface area is 119 Å². The van der Waals surface area contributed by atoms with E-state index in [4.69, 9.17) is 5.73 Å². The smallest absolute Gasteiger partial charge is 0.224 e. The largest absolute Gasteiger partial charge is 0.399 e. The third-order valence-corrected chi connectivity index (χ3v) is 3.44. The van der Waals surface area contributed by atoms with Crippen LogP contribution in [0.3, 0.4) is 0 Å². The Bertz CT molecular complexity index is 620. The highest BCUT2D eigenvalue weighted by atomic mass is 16.1. The fourth-order valence-corrected chi connectivity index (χ4v) is 2.12. The molecule has 0 aromatic heterocycles. The van der Waals surface area contributed by atoms with Crippen LogP contribution < -0.4 is 11.1 Å². The lowest BCUT2D eigenvalue weighted by Crippen LogP contribution is -2.12. The molecule has 2 aromatic rings. The number of rotatable bonds is 4. The lowest BCUT2D eigenvalue weighted by atomic mass is 10.0. The molecule has 0 heterocycles. The summed E-state index contributed by atoms with van der Waals surface area (Å²) >= 11 is 0. The first-order chi connectivity index (χ1) is 9.56. The van der Waals surface area contributed by atoms with Gasteiger partial charge in [0.25, 0.3) is 0 Å². The van der Waals surface area contributed by atoms with Crippen LogP contribution in [0, 0.1) is 13.8 Å². The van der Waals surface area contributed by atoms with Crippen LogP contribution in [0.4, 0.5) is 11.4 Å². The Balaban J connectivity index is 1.93. The minimum Gasteiger partial charge on any atom is -0.399 e. The summed E-state index contributed by atoms with van der Waals surface area (Å²) in [7, 11) is 0. The van der Waals surface area contributed by atoms with Gasteiger partial charge in [0.2, 0.25) is 5.91 Å². The van der Waals surface area contributed by atoms with E-state index >= 15 is 0 Å². The molecule has 3 N–H and O–H groups in total. The second kappa shape index (κ2) is 6.24. The average Bonchev–Trinajstić information content (AvgIpc) is 2.42. The van der Waals surface area contributed by atoms with Gasteiger partial charge in [0.1, 0.15) is 0 Å². The number of carbonyl (C=O) groups excluding carboxylic acids is 1. The number of nitrogen functional groups attached to an aromatic ring is 1. The van der Waals surface area contributed by atoms with Gasteiger partial charge in [-0.2, -0.15) is 0 Å². The van der Waals surface area contributed by atoms with Gasteiger partial charge >= 0.3 is 0 Å². The third-order valence-electron chi connectivity index (χ3n) is 3.44. The van der Waals surface area contributed by atoms with Gasteiger partial charge < -0.3 is 11.1 Å². The van der Waals surface area contributed by atoms with Crippen LogP contribution in [-0.4, -0.2) is 5.91 Å². The summed E-state index contributed by atoms with van der Waals surface area (Å²) in [5.74, 6) is 0.0254. The van der Waals surface area contributed by atoms with Crippen molar-refractivity contribution < 1.29 is 4.79 Å². The van der Waals surface area contributed by atoms with E-state index in [9.17, 15) is 4.79 Å². The summed E-state index contributed by atoms with van der Waals surface area (Å²) in [6, 6.07) is 13.7. The van der Waals surface area contributed by atoms with Crippen molar-refractivity contribution in [2.45, 2.75) is 26.7 Å². The molecule has 0 spiro atoms. The van der Waals surface area contributed by atoms with E-state index in [2.05, 4.69) is 24.4 Å². The molecule has 0 aliphatic heterocycles. The molecular formula is C17H20N2O. The van der Waals surface area contributed by atoms with E-state index in [1.165, 1.54) is 11.1 Å². The van der Waals surface area contributed by atoms with Crippen LogP contribution in [-0.2, 0) is 11.2 Å². The first-order valence-electron chi connectivity index (χ1n) is 6.77. The van der Waals surface area contributed by atoms with Crippen LogP contribution in [0.2, 0.25) is 0 Å². The van der Waals surface area contributed by atoms with E-state index in [-0.39, 0.29) is 5.91 Å². The van der Waals surface area contributed by atoms with Crippen molar-refractivity contribution in [1.82, 2.24) is 0 Å². The molecule has 2 aromatic carbocycles. The van der Waals surface area contributed by atoms with Crippen LogP contribution in [0.25, 0.3) is 0 Å². The molecule has 3 nitrogen and oxygen atoms in total. The van der Waals surface area contributed by atoms with Gasteiger partial charge in [-0.05, 0) is 55.2 Å². The zero-order valence-corrected chi connectivity index (χ0v) is 11.9. The van der Waals surface area contributed by atoms with Crippen molar-refractivity contribution in [3.63, 3.8) is 0 Å². The highest BCUT2D eigenvalue weighted by molar-refractivity contribution is 5.91. The maximum atomic E-state index is 12.0. The molecular weight excluding hydrogens is 248 g/mol. The Morgan fingerprint density at radius 3 is 2.55 bits per heavy atom. The monoisotopic (exact) mass is 268 g/mol. The van der Waals surface area contributed by atoms with Gasteiger partial charge in [-0.3, -0.25) is 4.79 Å². The number of nitrogens with one attached hydrogen (secondary N) is 1. The molecule has 2 rings (SSSR count). The van der Waals surface area contributed by atoms with Crippen LogP contribution in [0.5, 0.6) is 0 Å². The number of benzene rings is 2. The van der Waals surface area contributed by atoms with Gasteiger partial charge in [-0.15, -0.1) is 0 Å². The van der Waals surface area contributed by atoms with Crippen molar-refractivity contribution in [1.29, 1.82) is 0 Å². The predicted molar refractivity (Wildman–Crippen MR) is 83.7 cm³/mol. The van der Waals surface area contributed by atoms with Crippen molar-refractivity contribution >= 4 is 17.3 Å². The van der Waals surface area contributed by atoms with Crippen molar-refractivity contribution in [3.05, 3.63) is 59.2 Å². The summed E-state index contributed by atoms with van der Waals surface area (Å²) < 4.78 is 0. The molecule has 20 heavy (non-hydrogen) atoms. The number of hydrogen-bond acceptors (Lipinski definition) is 2. The summed E-state index contributed by atoms with van der Waals surface area (Å²) in [5, 5.41) is 2.91. The molecule has 0 saturated heterocycles. The van der Waals surface area contributed by atoms with Gasteiger partial charge in [0.15, 0.2) is 0 Å². The zero-order chi connectivity index (χ0) is 14.5. The number of amides is 1. The van der Waals surface area contributed by atoms with Gasteiger partial charge in [0.05, 0.1) is 0 Å². The topological polar surface area (TPSA) is 55.1 Å². The first kappa shape index (κ1) is 14.1. The van der Waals surface area contributed by atoms with E-state index in [0.29, 0.717) is 6.42 Å². The maximum Gasteiger partial charge on any atom is 0.224 e. The summed E-state index contributed by atoms with van der Waals surface area (Å²) in [6.07, 6.45) is 1.24. The van der Waals surface area contributed by atoms with E-state index in [0.717, 1.165) is 23.4 Å². The number of nitrogens with two attached hydrogens (primary N) is 1. The highest BCUT2D eigenvalue weighted by Gasteiger charge is 2.05. The normalized spacial score (nSPS) is 10.3. The standard InChI is InChI=1S/C17H20N2O/c1-12-5-3-4-6-14(12)7-10-17(20)19-15-8-9-16(18)13(2)11-15/h3-6,8-9,11H,7,10,18H2,1-2H3,(H,19,20). The molecule has 0 atom stereocenters. The molecule has 0 saturated carbocycles. The third kappa shape index (κ3) is 3.60. The zero-order valence-electron chi connectivity index (χ0n) is 11.9. The second-order valence-electron chi connectivity index (χ2n) is 5.05. The fraction of sp³-hybridized carbons (Fsp3) is 0.235. The predicted octanol–water partition coefficient (Wildman–Crippen LogP) is 3.46. The molecule has 0 unspecified atom stereocenters. The Kier molecular flexibility index (Phi) is 4.41. The minimum atomic E-state index is 0.0254. The molecule has 3 heteroatoms. The van der Waals surface area contributed by atoms with Gasteiger partial charge in [-0.1, -0.05) is 24.3 Å². The highest BCUT2D eigenvalue weighted by Crippen LogP contribution is 2.17. The van der Waals surface area contributed by atoms with E-state index in [1.807, 2.05) is 37.3 Å². The van der Waals surface area contributed by atoms with Crippen molar-refractivity contribution in [2.75, 3.05) is 11.1 Å². The Morgan fingerprint density at radius 2 is 1.85 bits per heavy atom. The SMILES string of the molecule is Cc1cc(NC(=O)CCc2ccccc2C)ccc1N. The number of aryl methyl sites for hydroxylation is 3. The molecule has 0 fully saturated rings. The molecule has 1 amide bonds. The van der Waals surface area contributed by atoms with Crippen LogP contribution in [0.15, 0.2) is 42.5 Å². The molecule has 0 bridgehead atoms. The van der Waals surface area contributed by atoms with E-state index < -0.39 is 0 Å². The molecule has 0 radical (unpaired) electrons. The molecule has 104 valence electrons. The summed E-state index contributed by atoms with van der Waals surface area (Å²) in [6.45, 7) is 3.99. The second-order valence-corrected chi connectivity index (χ2v) is 5.05. The van der Waals surface area contributed by atoms with Crippen molar-refractivity contribution in [2.24, 2.45) is 0 Å². The summed E-state index contributed by atoms with van der Waals surface area (Å²) in [5.41, 5.74) is 10.7. The number of hydrogen-bond donors (Lipinski definition) is 2. The van der Waals surface area contributed by atoms with E-state index in [1.54, 1.807) is 0 Å². The van der Waals surface area contributed by atoms with Crippen LogP contribution in [0.1, 0.15) is 23.1 Å². The quantitative estimate of drug-likeness (QED) is 0.834. The fourth-order valence-electron chi connectivity index (χ4n) is 2.12. The molecule has 0 aliphatic carbocycles. The number of anilines is 2.